The standard InChI is InChI=1S/C13H19BrO4/c1-5-13(2,16)12(15)8-6-7-9(17-3)10(14)11(8)18-4/h6-7,12,15-16H,5H2,1-4H3. The zero-order valence-corrected chi connectivity index (χ0v) is 12.6. The zero-order valence-electron chi connectivity index (χ0n) is 11.0. The molecule has 0 aliphatic heterocycles. The molecular weight excluding hydrogens is 300 g/mol. The molecule has 2 unspecified atom stereocenters. The van der Waals surface area contributed by atoms with Crippen LogP contribution in [0.2, 0.25) is 0 Å². The van der Waals surface area contributed by atoms with Gasteiger partial charge in [-0.2, -0.15) is 0 Å². The number of aliphatic hydroxyl groups is 2. The lowest BCUT2D eigenvalue weighted by molar-refractivity contribution is -0.0667. The van der Waals surface area contributed by atoms with E-state index in [-0.39, 0.29) is 0 Å². The molecule has 2 atom stereocenters. The Labute approximate surface area is 116 Å². The van der Waals surface area contributed by atoms with Crippen molar-refractivity contribution in [2.75, 3.05) is 14.2 Å². The van der Waals surface area contributed by atoms with E-state index >= 15 is 0 Å². The van der Waals surface area contributed by atoms with E-state index in [1.54, 1.807) is 26.2 Å². The summed E-state index contributed by atoms with van der Waals surface area (Å²) in [5.41, 5.74) is -0.682. The van der Waals surface area contributed by atoms with Crippen molar-refractivity contribution < 1.29 is 19.7 Å². The third-order valence-corrected chi connectivity index (χ3v) is 3.87. The quantitative estimate of drug-likeness (QED) is 0.876. The first-order valence-corrected chi connectivity index (χ1v) is 6.49. The molecule has 0 aliphatic rings. The highest BCUT2D eigenvalue weighted by Gasteiger charge is 2.32. The van der Waals surface area contributed by atoms with E-state index in [2.05, 4.69) is 15.9 Å². The third-order valence-electron chi connectivity index (χ3n) is 3.12. The smallest absolute Gasteiger partial charge is 0.142 e. The number of methoxy groups -OCH3 is 2. The van der Waals surface area contributed by atoms with E-state index in [0.29, 0.717) is 28.0 Å². The van der Waals surface area contributed by atoms with Crippen molar-refractivity contribution in [2.24, 2.45) is 0 Å². The van der Waals surface area contributed by atoms with Crippen LogP contribution in [-0.4, -0.2) is 30.0 Å². The summed E-state index contributed by atoms with van der Waals surface area (Å²) in [4.78, 5) is 0. The van der Waals surface area contributed by atoms with Crippen molar-refractivity contribution in [1.29, 1.82) is 0 Å². The van der Waals surface area contributed by atoms with Crippen molar-refractivity contribution >= 4 is 15.9 Å². The van der Waals surface area contributed by atoms with Gasteiger partial charge in [0.2, 0.25) is 0 Å². The Hall–Kier alpha value is -0.780. The number of halogens is 1. The molecule has 0 saturated heterocycles. The van der Waals surface area contributed by atoms with Gasteiger partial charge in [0.15, 0.2) is 0 Å². The Morgan fingerprint density at radius 1 is 1.33 bits per heavy atom. The number of ether oxygens (including phenoxy) is 2. The molecule has 5 heteroatoms. The first-order valence-electron chi connectivity index (χ1n) is 5.69. The van der Waals surface area contributed by atoms with Gasteiger partial charge in [-0.1, -0.05) is 6.92 Å². The van der Waals surface area contributed by atoms with Crippen molar-refractivity contribution in [3.8, 4) is 11.5 Å². The largest absolute Gasteiger partial charge is 0.495 e. The summed E-state index contributed by atoms with van der Waals surface area (Å²) in [6.07, 6.45) is -0.597. The molecule has 4 nitrogen and oxygen atoms in total. The fraction of sp³-hybridized carbons (Fsp3) is 0.538. The molecule has 0 bridgehead atoms. The molecule has 0 aliphatic carbocycles. The maximum absolute atomic E-state index is 10.3. The van der Waals surface area contributed by atoms with Gasteiger partial charge in [0.1, 0.15) is 22.1 Å². The molecule has 0 radical (unpaired) electrons. The Morgan fingerprint density at radius 3 is 2.39 bits per heavy atom. The maximum Gasteiger partial charge on any atom is 0.142 e. The van der Waals surface area contributed by atoms with Crippen molar-refractivity contribution in [1.82, 2.24) is 0 Å². The number of aliphatic hydroxyl groups excluding tert-OH is 1. The first kappa shape index (κ1) is 15.3. The molecule has 0 amide bonds. The lowest BCUT2D eigenvalue weighted by Crippen LogP contribution is -2.32. The highest BCUT2D eigenvalue weighted by molar-refractivity contribution is 9.10. The lowest BCUT2D eigenvalue weighted by atomic mass is 9.90. The summed E-state index contributed by atoms with van der Waals surface area (Å²) in [5.74, 6) is 1.08. The van der Waals surface area contributed by atoms with E-state index in [1.165, 1.54) is 7.11 Å². The van der Waals surface area contributed by atoms with Crippen LogP contribution in [0, 0.1) is 0 Å². The van der Waals surface area contributed by atoms with Crippen molar-refractivity contribution in [3.05, 3.63) is 22.2 Å². The molecule has 0 fully saturated rings. The molecule has 0 saturated carbocycles. The van der Waals surface area contributed by atoms with Crippen molar-refractivity contribution in [2.45, 2.75) is 32.0 Å². The topological polar surface area (TPSA) is 58.9 Å². The fourth-order valence-electron chi connectivity index (χ4n) is 1.66. The Balaban J connectivity index is 3.29. The van der Waals surface area contributed by atoms with Crippen LogP contribution in [0.25, 0.3) is 0 Å². The summed E-state index contributed by atoms with van der Waals surface area (Å²) in [7, 11) is 3.06. The minimum absolute atomic E-state index is 0.432. The predicted octanol–water partition coefficient (Wildman–Crippen LogP) is 2.66. The highest BCUT2D eigenvalue weighted by Crippen LogP contribution is 2.42. The SMILES string of the molecule is CCC(C)(O)C(O)c1ccc(OC)c(Br)c1OC. The fourth-order valence-corrected chi connectivity index (χ4v) is 2.35. The normalized spacial score (nSPS) is 15.9. The van der Waals surface area contributed by atoms with Gasteiger partial charge in [0.25, 0.3) is 0 Å². The summed E-state index contributed by atoms with van der Waals surface area (Å²) in [5, 5.41) is 20.4. The van der Waals surface area contributed by atoms with Gasteiger partial charge in [-0.3, -0.25) is 0 Å². The maximum atomic E-state index is 10.3. The molecule has 1 rings (SSSR count). The Bertz CT molecular complexity index is 418. The molecule has 18 heavy (non-hydrogen) atoms. The van der Waals surface area contributed by atoms with E-state index in [9.17, 15) is 10.2 Å². The van der Waals surface area contributed by atoms with Crippen LogP contribution in [0.1, 0.15) is 31.9 Å². The van der Waals surface area contributed by atoms with E-state index in [1.807, 2.05) is 6.92 Å². The van der Waals surface area contributed by atoms with Crippen LogP contribution in [0.15, 0.2) is 16.6 Å². The van der Waals surface area contributed by atoms with E-state index in [0.717, 1.165) is 0 Å². The van der Waals surface area contributed by atoms with Gasteiger partial charge in [0.05, 0.1) is 19.8 Å². The van der Waals surface area contributed by atoms with Crippen LogP contribution < -0.4 is 9.47 Å². The minimum Gasteiger partial charge on any atom is -0.495 e. The van der Waals surface area contributed by atoms with Crippen LogP contribution in [-0.2, 0) is 0 Å². The molecule has 1 aromatic rings. The second kappa shape index (κ2) is 5.91. The van der Waals surface area contributed by atoms with Crippen LogP contribution in [0.5, 0.6) is 11.5 Å². The summed E-state index contributed by atoms with van der Waals surface area (Å²) in [6.45, 7) is 3.41. The Morgan fingerprint density at radius 2 is 1.94 bits per heavy atom. The lowest BCUT2D eigenvalue weighted by Gasteiger charge is -2.29. The average molecular weight is 319 g/mol. The monoisotopic (exact) mass is 318 g/mol. The molecule has 0 aromatic heterocycles. The van der Waals surface area contributed by atoms with Gasteiger partial charge < -0.3 is 19.7 Å². The van der Waals surface area contributed by atoms with Crippen LogP contribution in [0.3, 0.4) is 0 Å². The van der Waals surface area contributed by atoms with E-state index < -0.39 is 11.7 Å². The third kappa shape index (κ3) is 2.79. The summed E-state index contributed by atoms with van der Waals surface area (Å²) >= 11 is 3.37. The molecule has 0 heterocycles. The first-order chi connectivity index (χ1) is 8.38. The van der Waals surface area contributed by atoms with Gasteiger partial charge in [-0.15, -0.1) is 0 Å². The Kier molecular flexibility index (Phi) is 5.01. The molecule has 102 valence electrons. The second-order valence-corrected chi connectivity index (χ2v) is 5.11. The summed E-state index contributed by atoms with van der Waals surface area (Å²) < 4.78 is 11.1. The number of hydrogen-bond acceptors (Lipinski definition) is 4. The molecule has 2 N–H and O–H groups in total. The van der Waals surface area contributed by atoms with Gasteiger partial charge in [-0.05, 0) is 41.4 Å². The molecular formula is C13H19BrO4. The number of rotatable bonds is 5. The van der Waals surface area contributed by atoms with Gasteiger partial charge in [-0.25, -0.2) is 0 Å². The van der Waals surface area contributed by atoms with Crippen molar-refractivity contribution in [3.63, 3.8) is 0 Å². The zero-order chi connectivity index (χ0) is 13.9. The van der Waals surface area contributed by atoms with Gasteiger partial charge >= 0.3 is 0 Å². The number of benzene rings is 1. The molecule has 0 spiro atoms. The van der Waals surface area contributed by atoms with E-state index in [4.69, 9.17) is 9.47 Å². The van der Waals surface area contributed by atoms with Gasteiger partial charge in [0, 0.05) is 5.56 Å². The predicted molar refractivity (Wildman–Crippen MR) is 73.1 cm³/mol. The molecule has 1 aromatic carbocycles. The number of hydrogen-bond donors (Lipinski definition) is 2. The second-order valence-electron chi connectivity index (χ2n) is 4.32. The van der Waals surface area contributed by atoms with Crippen LogP contribution in [0.4, 0.5) is 0 Å². The summed E-state index contributed by atoms with van der Waals surface area (Å²) in [6, 6.07) is 3.41. The average Bonchev–Trinajstić information content (AvgIpc) is 2.37. The van der Waals surface area contributed by atoms with Crippen LogP contribution >= 0.6 is 15.9 Å². The highest BCUT2D eigenvalue weighted by atomic mass is 79.9. The minimum atomic E-state index is -1.21.